The minimum absolute atomic E-state index is 0.0949. The average Bonchev–Trinajstić information content (AvgIpc) is 3.16. The molecule has 0 aromatic heterocycles. The third-order valence-corrected chi connectivity index (χ3v) is 6.66. The molecule has 2 fully saturated rings. The number of benzene rings is 2. The molecule has 2 saturated heterocycles. The molecule has 2 aliphatic heterocycles. The predicted octanol–water partition coefficient (Wildman–Crippen LogP) is 3.55. The maximum atomic E-state index is 13.3. The normalized spacial score (nSPS) is 20.1. The van der Waals surface area contributed by atoms with Gasteiger partial charge in [-0.05, 0) is 54.8 Å². The topological polar surface area (TPSA) is 88.5 Å². The molecule has 4 rings (SSSR count). The van der Waals surface area contributed by atoms with Crippen molar-refractivity contribution in [3.63, 3.8) is 0 Å². The lowest BCUT2D eigenvalue weighted by Crippen LogP contribution is -2.42. The van der Waals surface area contributed by atoms with Crippen molar-refractivity contribution >= 4 is 17.4 Å². The van der Waals surface area contributed by atoms with Gasteiger partial charge in [-0.3, -0.25) is 14.5 Å². The molecule has 0 spiro atoms. The lowest BCUT2D eigenvalue weighted by molar-refractivity contribution is -0.140. The summed E-state index contributed by atoms with van der Waals surface area (Å²) in [4.78, 5) is 30.4. The van der Waals surface area contributed by atoms with Gasteiger partial charge in [-0.15, -0.1) is 0 Å². The quantitative estimate of drug-likeness (QED) is 0.324. The molecule has 192 valence electrons. The van der Waals surface area contributed by atoms with Gasteiger partial charge in [0.2, 0.25) is 0 Å². The van der Waals surface area contributed by atoms with Crippen LogP contribution in [0.1, 0.15) is 36.1 Å². The summed E-state index contributed by atoms with van der Waals surface area (Å²) in [5, 5.41) is 11.4. The predicted molar refractivity (Wildman–Crippen MR) is 136 cm³/mol. The summed E-state index contributed by atoms with van der Waals surface area (Å²) in [5.41, 5.74) is 2.08. The Morgan fingerprint density at radius 3 is 2.39 bits per heavy atom. The van der Waals surface area contributed by atoms with Crippen molar-refractivity contribution in [2.75, 3.05) is 53.1 Å². The molecule has 8 nitrogen and oxygen atoms in total. The number of carbonyl (C=O) groups excluding carboxylic acids is 2. The van der Waals surface area contributed by atoms with E-state index in [1.54, 1.807) is 30.2 Å². The molecule has 2 aromatic rings. The van der Waals surface area contributed by atoms with E-state index in [-0.39, 0.29) is 11.3 Å². The monoisotopic (exact) mass is 494 g/mol. The summed E-state index contributed by atoms with van der Waals surface area (Å²) >= 11 is 0. The van der Waals surface area contributed by atoms with Crippen LogP contribution in [0.15, 0.2) is 48.0 Å². The number of amides is 1. The number of ether oxygens (including phenoxy) is 3. The highest BCUT2D eigenvalue weighted by Crippen LogP contribution is 2.40. The second-order valence-corrected chi connectivity index (χ2v) is 9.04. The minimum Gasteiger partial charge on any atom is -0.507 e. The van der Waals surface area contributed by atoms with Crippen molar-refractivity contribution in [1.82, 2.24) is 9.80 Å². The second kappa shape index (κ2) is 11.6. The van der Waals surface area contributed by atoms with Crippen molar-refractivity contribution in [2.24, 2.45) is 0 Å². The Labute approximate surface area is 212 Å². The van der Waals surface area contributed by atoms with Gasteiger partial charge in [0.05, 0.1) is 38.5 Å². The molecule has 36 heavy (non-hydrogen) atoms. The summed E-state index contributed by atoms with van der Waals surface area (Å²) in [6.07, 6.45) is 0.894. The van der Waals surface area contributed by atoms with Crippen LogP contribution in [0.2, 0.25) is 0 Å². The van der Waals surface area contributed by atoms with Crippen LogP contribution < -0.4 is 9.47 Å². The first-order chi connectivity index (χ1) is 17.4. The lowest BCUT2D eigenvalue weighted by Gasteiger charge is -2.31. The highest BCUT2D eigenvalue weighted by Gasteiger charge is 2.46. The van der Waals surface area contributed by atoms with Crippen LogP contribution in [-0.2, 0) is 14.3 Å². The van der Waals surface area contributed by atoms with Gasteiger partial charge in [0, 0.05) is 31.7 Å². The molecule has 1 atom stereocenters. The molecule has 2 aliphatic rings. The summed E-state index contributed by atoms with van der Waals surface area (Å²) in [6, 6.07) is 11.9. The molecule has 1 N–H and O–H groups in total. The van der Waals surface area contributed by atoms with Crippen molar-refractivity contribution < 1.29 is 28.9 Å². The van der Waals surface area contributed by atoms with E-state index in [2.05, 4.69) is 4.90 Å². The number of hydrogen-bond donors (Lipinski definition) is 1. The number of hydrogen-bond acceptors (Lipinski definition) is 7. The lowest BCUT2D eigenvalue weighted by atomic mass is 9.94. The number of aliphatic hydroxyl groups excluding tert-OH is 1. The highest BCUT2D eigenvalue weighted by molar-refractivity contribution is 6.46. The van der Waals surface area contributed by atoms with Gasteiger partial charge in [-0.25, -0.2) is 0 Å². The van der Waals surface area contributed by atoms with Crippen LogP contribution in [0, 0.1) is 6.92 Å². The zero-order valence-corrected chi connectivity index (χ0v) is 21.2. The molecule has 2 heterocycles. The summed E-state index contributed by atoms with van der Waals surface area (Å²) in [6.45, 7) is 8.32. The van der Waals surface area contributed by atoms with Crippen LogP contribution in [0.3, 0.4) is 0 Å². The molecule has 0 radical (unpaired) electrons. The number of aliphatic hydroxyl groups is 1. The number of Topliss-reactive ketones (excluding diaryl/α,β-unsaturated/α-hetero) is 1. The number of rotatable bonds is 9. The fourth-order valence-corrected chi connectivity index (χ4v) is 4.67. The van der Waals surface area contributed by atoms with Gasteiger partial charge in [0.1, 0.15) is 17.3 Å². The molecule has 8 heteroatoms. The third kappa shape index (κ3) is 5.39. The standard InChI is InChI=1S/C28H34N2O6/c1-4-15-36-21-7-5-20(6-8-21)25-24(26(31)23-10-9-22(34-3)18-19(23)2)27(32)28(33)30(25)12-11-29-13-16-35-17-14-29/h5-10,18,25,31H,4,11-17H2,1-3H3/b26-24+. The van der Waals surface area contributed by atoms with Gasteiger partial charge in [-0.1, -0.05) is 19.1 Å². The Morgan fingerprint density at radius 2 is 1.75 bits per heavy atom. The van der Waals surface area contributed by atoms with E-state index < -0.39 is 17.7 Å². The molecular formula is C28H34N2O6. The number of methoxy groups -OCH3 is 1. The van der Waals surface area contributed by atoms with Crippen LogP contribution >= 0.6 is 0 Å². The van der Waals surface area contributed by atoms with Gasteiger partial charge in [-0.2, -0.15) is 0 Å². The molecule has 0 saturated carbocycles. The summed E-state index contributed by atoms with van der Waals surface area (Å²) < 4.78 is 16.4. The molecule has 1 unspecified atom stereocenters. The Balaban J connectivity index is 1.73. The van der Waals surface area contributed by atoms with Crippen molar-refractivity contribution in [3.8, 4) is 11.5 Å². The van der Waals surface area contributed by atoms with Crippen molar-refractivity contribution in [2.45, 2.75) is 26.3 Å². The molecule has 0 aliphatic carbocycles. The molecule has 2 aromatic carbocycles. The fraction of sp³-hybridized carbons (Fsp3) is 0.429. The first-order valence-corrected chi connectivity index (χ1v) is 12.4. The second-order valence-electron chi connectivity index (χ2n) is 9.04. The smallest absolute Gasteiger partial charge is 0.295 e. The number of ketones is 1. The number of aryl methyl sites for hydroxylation is 1. The maximum absolute atomic E-state index is 13.3. The molecule has 0 bridgehead atoms. The fourth-order valence-electron chi connectivity index (χ4n) is 4.67. The third-order valence-electron chi connectivity index (χ3n) is 6.66. The van der Waals surface area contributed by atoms with Crippen LogP contribution in [0.5, 0.6) is 11.5 Å². The Hall–Kier alpha value is -3.36. The number of carbonyl (C=O) groups is 2. The minimum atomic E-state index is -0.701. The number of morpholine rings is 1. The first kappa shape index (κ1) is 25.7. The van der Waals surface area contributed by atoms with E-state index in [1.807, 2.05) is 38.1 Å². The average molecular weight is 495 g/mol. The van der Waals surface area contributed by atoms with Crippen molar-refractivity contribution in [1.29, 1.82) is 0 Å². The summed E-state index contributed by atoms with van der Waals surface area (Å²) in [5.74, 6) is -0.0990. The Kier molecular flexibility index (Phi) is 8.28. The van der Waals surface area contributed by atoms with E-state index in [0.29, 0.717) is 44.2 Å². The highest BCUT2D eigenvalue weighted by atomic mass is 16.5. The van der Waals surface area contributed by atoms with Crippen LogP contribution in [0.4, 0.5) is 0 Å². The van der Waals surface area contributed by atoms with E-state index >= 15 is 0 Å². The zero-order valence-electron chi connectivity index (χ0n) is 21.2. The zero-order chi connectivity index (χ0) is 25.7. The van der Waals surface area contributed by atoms with Gasteiger partial charge < -0.3 is 24.2 Å². The van der Waals surface area contributed by atoms with Gasteiger partial charge in [0.25, 0.3) is 11.7 Å². The summed E-state index contributed by atoms with van der Waals surface area (Å²) in [7, 11) is 1.57. The maximum Gasteiger partial charge on any atom is 0.295 e. The van der Waals surface area contributed by atoms with E-state index in [1.165, 1.54) is 0 Å². The van der Waals surface area contributed by atoms with Crippen LogP contribution in [0.25, 0.3) is 5.76 Å². The first-order valence-electron chi connectivity index (χ1n) is 12.4. The van der Waals surface area contributed by atoms with E-state index in [9.17, 15) is 14.7 Å². The molecule has 1 amide bonds. The molecular weight excluding hydrogens is 460 g/mol. The van der Waals surface area contributed by atoms with Gasteiger partial charge >= 0.3 is 0 Å². The van der Waals surface area contributed by atoms with Crippen LogP contribution in [-0.4, -0.2) is 79.7 Å². The van der Waals surface area contributed by atoms with Gasteiger partial charge in [0.15, 0.2) is 0 Å². The largest absolute Gasteiger partial charge is 0.507 e. The van der Waals surface area contributed by atoms with Crippen molar-refractivity contribution in [3.05, 3.63) is 64.7 Å². The number of nitrogens with zero attached hydrogens (tertiary/aromatic N) is 2. The Morgan fingerprint density at radius 1 is 1.06 bits per heavy atom. The number of likely N-dealkylation sites (tertiary alicyclic amines) is 1. The Bertz CT molecular complexity index is 1120. The van der Waals surface area contributed by atoms with E-state index in [0.717, 1.165) is 36.4 Å². The SMILES string of the molecule is CCCOc1ccc(C2/C(=C(\O)c3ccc(OC)cc3C)C(=O)C(=O)N2CCN2CCOCC2)cc1. The van der Waals surface area contributed by atoms with E-state index in [4.69, 9.17) is 14.2 Å².